The van der Waals surface area contributed by atoms with Crippen molar-refractivity contribution in [3.8, 4) is 0 Å². The quantitative estimate of drug-likeness (QED) is 0.616. The van der Waals surface area contributed by atoms with Gasteiger partial charge in [0.2, 0.25) is 0 Å². The molecule has 4 heteroatoms. The van der Waals surface area contributed by atoms with Crippen LogP contribution >= 0.6 is 0 Å². The van der Waals surface area contributed by atoms with Gasteiger partial charge in [-0.15, -0.1) is 0 Å². The third kappa shape index (κ3) is 2.95. The largest absolute Gasteiger partial charge is 0.325 e. The van der Waals surface area contributed by atoms with E-state index in [1.54, 1.807) is 0 Å². The Bertz CT molecular complexity index is 308. The lowest BCUT2D eigenvalue weighted by Crippen LogP contribution is -2.49. The van der Waals surface area contributed by atoms with Crippen LogP contribution in [0.1, 0.15) is 20.8 Å². The van der Waals surface area contributed by atoms with Crippen LogP contribution in [0.15, 0.2) is 0 Å². The molecule has 1 aliphatic heterocycles. The molecule has 0 N–H and O–H groups in total. The zero-order chi connectivity index (χ0) is 11.0. The summed E-state index contributed by atoms with van der Waals surface area (Å²) >= 11 is 0. The second kappa shape index (κ2) is 3.49. The summed E-state index contributed by atoms with van der Waals surface area (Å²) in [6, 6.07) is 0. The normalized spacial score (nSPS) is 36.3. The maximum absolute atomic E-state index is 11.7. The third-order valence-electron chi connectivity index (χ3n) is 3.13. The Balaban J connectivity index is 2.96. The van der Waals surface area contributed by atoms with Gasteiger partial charge in [0.1, 0.15) is 0 Å². The van der Waals surface area contributed by atoms with Gasteiger partial charge in [-0.2, -0.15) is 0 Å². The SMILES string of the molecule is CC[N+]1(C)CCS(=O)(=O)CC(C)(C)C1. The van der Waals surface area contributed by atoms with Gasteiger partial charge in [0.25, 0.3) is 0 Å². The smallest absolute Gasteiger partial charge is 0.156 e. The highest BCUT2D eigenvalue weighted by Gasteiger charge is 2.39. The van der Waals surface area contributed by atoms with Crippen molar-refractivity contribution >= 4 is 9.84 Å². The summed E-state index contributed by atoms with van der Waals surface area (Å²) in [5.74, 6) is 0.689. The fourth-order valence-corrected chi connectivity index (χ4v) is 4.60. The van der Waals surface area contributed by atoms with E-state index in [1.165, 1.54) is 0 Å². The summed E-state index contributed by atoms with van der Waals surface area (Å²) < 4.78 is 24.2. The van der Waals surface area contributed by atoms with E-state index < -0.39 is 9.84 Å². The monoisotopic (exact) mass is 220 g/mol. The molecule has 0 amide bonds. The molecule has 14 heavy (non-hydrogen) atoms. The molecule has 1 fully saturated rings. The molecule has 0 radical (unpaired) electrons. The lowest BCUT2D eigenvalue weighted by Gasteiger charge is -2.36. The molecule has 0 aromatic carbocycles. The minimum Gasteiger partial charge on any atom is -0.325 e. The standard InChI is InChI=1S/C10H22NO2S/c1-5-11(4)6-7-14(12,13)9-10(2,3)8-11/h5-9H2,1-4H3/q+1. The molecule has 84 valence electrons. The maximum atomic E-state index is 11.7. The molecule has 1 saturated heterocycles. The molecule has 1 unspecified atom stereocenters. The van der Waals surface area contributed by atoms with Crippen molar-refractivity contribution in [1.82, 2.24) is 0 Å². The Labute approximate surface area is 87.6 Å². The molecule has 1 atom stereocenters. The van der Waals surface area contributed by atoms with E-state index in [-0.39, 0.29) is 5.41 Å². The molecule has 3 nitrogen and oxygen atoms in total. The van der Waals surface area contributed by atoms with Gasteiger partial charge in [-0.1, -0.05) is 13.8 Å². The van der Waals surface area contributed by atoms with Crippen molar-refractivity contribution in [3.05, 3.63) is 0 Å². The average Bonchev–Trinajstić information content (AvgIpc) is 2.05. The van der Waals surface area contributed by atoms with Gasteiger partial charge >= 0.3 is 0 Å². The molecule has 1 rings (SSSR count). The van der Waals surface area contributed by atoms with Crippen molar-refractivity contribution in [2.75, 3.05) is 38.2 Å². The first kappa shape index (κ1) is 12.0. The van der Waals surface area contributed by atoms with Gasteiger partial charge in [0, 0.05) is 5.41 Å². The van der Waals surface area contributed by atoms with Gasteiger partial charge in [-0.05, 0) is 6.92 Å². The number of rotatable bonds is 1. The molecular weight excluding hydrogens is 198 g/mol. The van der Waals surface area contributed by atoms with Crippen molar-refractivity contribution in [2.45, 2.75) is 20.8 Å². The first-order chi connectivity index (χ1) is 6.18. The molecular formula is C10H22NO2S+. The Morgan fingerprint density at radius 3 is 2.43 bits per heavy atom. The van der Waals surface area contributed by atoms with Crippen LogP contribution in [-0.4, -0.2) is 51.1 Å². The first-order valence-electron chi connectivity index (χ1n) is 5.22. The molecule has 0 aromatic rings. The minimum atomic E-state index is -2.82. The van der Waals surface area contributed by atoms with E-state index >= 15 is 0 Å². The Morgan fingerprint density at radius 1 is 1.36 bits per heavy atom. The number of nitrogens with zero attached hydrogens (tertiary/aromatic N) is 1. The highest BCUT2D eigenvalue weighted by molar-refractivity contribution is 7.91. The number of hydrogen-bond acceptors (Lipinski definition) is 2. The van der Waals surface area contributed by atoms with Crippen molar-refractivity contribution in [2.24, 2.45) is 5.41 Å². The molecule has 1 aliphatic rings. The second-order valence-corrected chi connectivity index (χ2v) is 7.76. The highest BCUT2D eigenvalue weighted by Crippen LogP contribution is 2.26. The van der Waals surface area contributed by atoms with Crippen LogP contribution < -0.4 is 0 Å². The lowest BCUT2D eigenvalue weighted by molar-refractivity contribution is -0.910. The summed E-state index contributed by atoms with van der Waals surface area (Å²) in [5.41, 5.74) is -0.0832. The number of quaternary nitrogens is 1. The van der Waals surface area contributed by atoms with Crippen LogP contribution in [-0.2, 0) is 9.84 Å². The zero-order valence-corrected chi connectivity index (χ0v) is 10.5. The fraction of sp³-hybridized carbons (Fsp3) is 1.00. The van der Waals surface area contributed by atoms with Crippen LogP contribution in [0.25, 0.3) is 0 Å². The predicted octanol–water partition coefficient (Wildman–Crippen LogP) is 0.907. The van der Waals surface area contributed by atoms with Crippen LogP contribution in [0.3, 0.4) is 0 Å². The van der Waals surface area contributed by atoms with E-state index in [0.29, 0.717) is 11.5 Å². The Morgan fingerprint density at radius 2 is 1.93 bits per heavy atom. The van der Waals surface area contributed by atoms with Crippen molar-refractivity contribution in [1.29, 1.82) is 0 Å². The molecule has 1 heterocycles. The van der Waals surface area contributed by atoms with Crippen LogP contribution in [0, 0.1) is 5.41 Å². The number of hydrogen-bond donors (Lipinski definition) is 0. The van der Waals surface area contributed by atoms with Gasteiger partial charge in [0.05, 0.1) is 38.2 Å². The van der Waals surface area contributed by atoms with E-state index in [1.807, 2.05) is 0 Å². The summed E-state index contributed by atoms with van der Waals surface area (Å²) in [6.45, 7) is 8.99. The van der Waals surface area contributed by atoms with Crippen LogP contribution in [0.4, 0.5) is 0 Å². The summed E-state index contributed by atoms with van der Waals surface area (Å²) in [5, 5.41) is 0. The third-order valence-corrected chi connectivity index (χ3v) is 5.15. The fourth-order valence-electron chi connectivity index (χ4n) is 2.45. The average molecular weight is 220 g/mol. The molecule has 0 saturated carbocycles. The van der Waals surface area contributed by atoms with Gasteiger partial charge in [-0.3, -0.25) is 0 Å². The van der Waals surface area contributed by atoms with E-state index in [4.69, 9.17) is 0 Å². The second-order valence-electron chi connectivity index (χ2n) is 5.57. The van der Waals surface area contributed by atoms with E-state index in [0.717, 1.165) is 24.1 Å². The predicted molar refractivity (Wildman–Crippen MR) is 58.9 cm³/mol. The van der Waals surface area contributed by atoms with E-state index in [2.05, 4.69) is 27.8 Å². The molecule has 0 aliphatic carbocycles. The molecule has 0 bridgehead atoms. The summed E-state index contributed by atoms with van der Waals surface area (Å²) in [4.78, 5) is 0. The maximum Gasteiger partial charge on any atom is 0.156 e. The summed E-state index contributed by atoms with van der Waals surface area (Å²) in [6.07, 6.45) is 0. The molecule has 0 aromatic heterocycles. The first-order valence-corrected chi connectivity index (χ1v) is 7.04. The minimum absolute atomic E-state index is 0.0832. The summed E-state index contributed by atoms with van der Waals surface area (Å²) in [7, 11) is -0.668. The van der Waals surface area contributed by atoms with E-state index in [9.17, 15) is 8.42 Å². The van der Waals surface area contributed by atoms with Gasteiger partial charge in [0.15, 0.2) is 9.84 Å². The van der Waals surface area contributed by atoms with Crippen LogP contribution in [0.2, 0.25) is 0 Å². The highest BCUT2D eigenvalue weighted by atomic mass is 32.2. The zero-order valence-electron chi connectivity index (χ0n) is 9.71. The number of sulfone groups is 1. The van der Waals surface area contributed by atoms with Crippen LogP contribution in [0.5, 0.6) is 0 Å². The lowest BCUT2D eigenvalue weighted by atomic mass is 9.94. The van der Waals surface area contributed by atoms with Gasteiger partial charge < -0.3 is 4.48 Å². The Hall–Kier alpha value is -0.0900. The topological polar surface area (TPSA) is 34.1 Å². The van der Waals surface area contributed by atoms with Crippen molar-refractivity contribution < 1.29 is 12.9 Å². The molecule has 0 spiro atoms. The Kier molecular flexibility index (Phi) is 2.99. The van der Waals surface area contributed by atoms with Gasteiger partial charge in [-0.25, -0.2) is 8.42 Å². The van der Waals surface area contributed by atoms with Crippen molar-refractivity contribution in [3.63, 3.8) is 0 Å².